The number of nitrogens with two attached hydrogens (primary N) is 1. The number of likely N-dealkylation sites (tertiary alicyclic amines) is 1. The van der Waals surface area contributed by atoms with Gasteiger partial charge in [-0.2, -0.15) is 0 Å². The molecule has 116 valence electrons. The van der Waals surface area contributed by atoms with Gasteiger partial charge >= 0.3 is 0 Å². The maximum absolute atomic E-state index is 12.9. The van der Waals surface area contributed by atoms with Crippen molar-refractivity contribution in [2.45, 2.75) is 25.8 Å². The summed E-state index contributed by atoms with van der Waals surface area (Å²) in [7, 11) is 0. The van der Waals surface area contributed by atoms with Crippen LogP contribution in [0.5, 0.6) is 0 Å². The van der Waals surface area contributed by atoms with Crippen LogP contribution in [0.2, 0.25) is 0 Å². The minimum atomic E-state index is -0.154. The van der Waals surface area contributed by atoms with Crippen LogP contribution < -0.4 is 5.73 Å². The van der Waals surface area contributed by atoms with Crippen molar-refractivity contribution in [1.29, 1.82) is 0 Å². The molecule has 0 spiro atoms. The molecule has 22 heavy (non-hydrogen) atoms. The van der Waals surface area contributed by atoms with E-state index >= 15 is 0 Å². The van der Waals surface area contributed by atoms with E-state index < -0.39 is 0 Å². The highest BCUT2D eigenvalue weighted by Gasteiger charge is 2.20. The van der Waals surface area contributed by atoms with Gasteiger partial charge in [0, 0.05) is 12.2 Å². The first kappa shape index (κ1) is 15.0. The van der Waals surface area contributed by atoms with E-state index in [2.05, 4.69) is 11.0 Å². The van der Waals surface area contributed by atoms with Crippen molar-refractivity contribution in [2.24, 2.45) is 5.92 Å². The Hall–Kier alpha value is -1.87. The van der Waals surface area contributed by atoms with Crippen molar-refractivity contribution in [3.63, 3.8) is 0 Å². The van der Waals surface area contributed by atoms with Gasteiger partial charge in [-0.05, 0) is 67.6 Å². The minimum absolute atomic E-state index is 0.154. The summed E-state index contributed by atoms with van der Waals surface area (Å²) in [5.74, 6) is 0.550. The van der Waals surface area contributed by atoms with Crippen LogP contribution in [0.25, 0.3) is 0 Å². The van der Waals surface area contributed by atoms with Crippen LogP contribution in [-0.4, -0.2) is 18.0 Å². The van der Waals surface area contributed by atoms with Gasteiger partial charge in [-0.3, -0.25) is 4.90 Å². The van der Waals surface area contributed by atoms with Crippen molar-refractivity contribution in [3.8, 4) is 0 Å². The lowest BCUT2D eigenvalue weighted by atomic mass is 9.90. The van der Waals surface area contributed by atoms with Crippen LogP contribution >= 0.6 is 0 Å². The van der Waals surface area contributed by atoms with Gasteiger partial charge in [0.1, 0.15) is 5.82 Å². The third kappa shape index (κ3) is 3.86. The van der Waals surface area contributed by atoms with Gasteiger partial charge in [-0.15, -0.1) is 0 Å². The summed E-state index contributed by atoms with van der Waals surface area (Å²) in [6, 6.07) is 15.0. The SMILES string of the molecule is Nc1ccccc1CN1CCC(Cc2ccc(F)cc2)CC1. The lowest BCUT2D eigenvalue weighted by Gasteiger charge is -2.32. The highest BCUT2D eigenvalue weighted by Crippen LogP contribution is 2.24. The molecule has 2 N–H and O–H groups in total. The molecule has 3 heteroatoms. The summed E-state index contributed by atoms with van der Waals surface area (Å²) in [5, 5.41) is 0. The third-order valence-corrected chi connectivity index (χ3v) is 4.59. The van der Waals surface area contributed by atoms with E-state index in [1.54, 1.807) is 12.1 Å². The topological polar surface area (TPSA) is 29.3 Å². The minimum Gasteiger partial charge on any atom is -0.398 e. The predicted octanol–water partition coefficient (Wildman–Crippen LogP) is 3.86. The molecule has 0 atom stereocenters. The number of nitrogen functional groups attached to an aromatic ring is 1. The van der Waals surface area contributed by atoms with Crippen molar-refractivity contribution in [1.82, 2.24) is 4.90 Å². The van der Waals surface area contributed by atoms with Crippen molar-refractivity contribution >= 4 is 5.69 Å². The number of piperidine rings is 1. The average molecular weight is 298 g/mol. The smallest absolute Gasteiger partial charge is 0.123 e. The first-order valence-electron chi connectivity index (χ1n) is 8.01. The maximum atomic E-state index is 12.9. The van der Waals surface area contributed by atoms with Gasteiger partial charge in [-0.25, -0.2) is 4.39 Å². The van der Waals surface area contributed by atoms with Crippen LogP contribution in [0, 0.1) is 11.7 Å². The summed E-state index contributed by atoms with van der Waals surface area (Å²) < 4.78 is 12.9. The molecule has 0 radical (unpaired) electrons. The highest BCUT2D eigenvalue weighted by molar-refractivity contribution is 5.46. The first-order chi connectivity index (χ1) is 10.7. The third-order valence-electron chi connectivity index (χ3n) is 4.59. The fourth-order valence-corrected chi connectivity index (χ4v) is 3.22. The second kappa shape index (κ2) is 6.93. The quantitative estimate of drug-likeness (QED) is 0.868. The molecule has 1 fully saturated rings. The Kier molecular flexibility index (Phi) is 4.74. The number of hydrogen-bond acceptors (Lipinski definition) is 2. The Morgan fingerprint density at radius 3 is 2.36 bits per heavy atom. The predicted molar refractivity (Wildman–Crippen MR) is 89.0 cm³/mol. The number of hydrogen-bond donors (Lipinski definition) is 1. The van der Waals surface area contributed by atoms with Gasteiger partial charge in [0.15, 0.2) is 0 Å². The average Bonchev–Trinajstić information content (AvgIpc) is 2.54. The molecule has 1 heterocycles. The lowest BCUT2D eigenvalue weighted by Crippen LogP contribution is -2.34. The zero-order valence-electron chi connectivity index (χ0n) is 12.8. The van der Waals surface area contributed by atoms with Crippen LogP contribution in [0.15, 0.2) is 48.5 Å². The zero-order valence-corrected chi connectivity index (χ0v) is 12.8. The molecular weight excluding hydrogens is 275 g/mol. The Labute approximate surface area is 131 Å². The fourth-order valence-electron chi connectivity index (χ4n) is 3.22. The summed E-state index contributed by atoms with van der Waals surface area (Å²) in [4.78, 5) is 2.48. The van der Waals surface area contributed by atoms with Gasteiger partial charge in [0.25, 0.3) is 0 Å². The maximum Gasteiger partial charge on any atom is 0.123 e. The number of anilines is 1. The molecule has 2 aromatic rings. The Bertz CT molecular complexity index is 601. The summed E-state index contributed by atoms with van der Waals surface area (Å²) in [5.41, 5.74) is 9.37. The summed E-state index contributed by atoms with van der Waals surface area (Å²) in [6.45, 7) is 3.16. The largest absolute Gasteiger partial charge is 0.398 e. The molecule has 1 aliphatic rings. The van der Waals surface area contributed by atoms with E-state index in [4.69, 9.17) is 5.73 Å². The lowest BCUT2D eigenvalue weighted by molar-refractivity contribution is 0.177. The van der Waals surface area contributed by atoms with Crippen LogP contribution in [0.3, 0.4) is 0 Å². The Balaban J connectivity index is 1.50. The number of para-hydroxylation sites is 1. The van der Waals surface area contributed by atoms with E-state index in [9.17, 15) is 4.39 Å². The number of benzene rings is 2. The second-order valence-corrected chi connectivity index (χ2v) is 6.25. The molecule has 0 aliphatic carbocycles. The van der Waals surface area contributed by atoms with Gasteiger partial charge in [0.2, 0.25) is 0 Å². The molecule has 1 aliphatic heterocycles. The summed E-state index contributed by atoms with van der Waals surface area (Å²) >= 11 is 0. The van der Waals surface area contributed by atoms with Gasteiger partial charge < -0.3 is 5.73 Å². The van der Waals surface area contributed by atoms with Gasteiger partial charge in [0.05, 0.1) is 0 Å². The molecule has 2 nitrogen and oxygen atoms in total. The molecule has 0 aromatic heterocycles. The number of nitrogens with zero attached hydrogens (tertiary/aromatic N) is 1. The Morgan fingerprint density at radius 1 is 1.00 bits per heavy atom. The second-order valence-electron chi connectivity index (χ2n) is 6.25. The van der Waals surface area contributed by atoms with E-state index in [-0.39, 0.29) is 5.82 Å². The highest BCUT2D eigenvalue weighted by atomic mass is 19.1. The van der Waals surface area contributed by atoms with Crippen LogP contribution in [0.1, 0.15) is 24.0 Å². The van der Waals surface area contributed by atoms with Crippen LogP contribution in [-0.2, 0) is 13.0 Å². The molecule has 0 amide bonds. The van der Waals surface area contributed by atoms with Crippen molar-refractivity contribution in [3.05, 3.63) is 65.5 Å². The van der Waals surface area contributed by atoms with Gasteiger partial charge in [-0.1, -0.05) is 30.3 Å². The molecule has 0 saturated carbocycles. The molecule has 0 bridgehead atoms. The van der Waals surface area contributed by atoms with E-state index in [1.807, 2.05) is 30.3 Å². The Morgan fingerprint density at radius 2 is 1.68 bits per heavy atom. The first-order valence-corrected chi connectivity index (χ1v) is 8.01. The molecule has 3 rings (SSSR count). The molecule has 1 saturated heterocycles. The van der Waals surface area contributed by atoms with Crippen molar-refractivity contribution < 1.29 is 4.39 Å². The fraction of sp³-hybridized carbons (Fsp3) is 0.368. The van der Waals surface area contributed by atoms with E-state index in [0.717, 1.165) is 31.7 Å². The standard InChI is InChI=1S/C19H23FN2/c20-18-7-5-15(6-8-18)13-16-9-11-22(12-10-16)14-17-3-1-2-4-19(17)21/h1-8,16H,9-14,21H2. The van der Waals surface area contributed by atoms with E-state index in [1.165, 1.54) is 24.0 Å². The number of halogens is 1. The molecular formula is C19H23FN2. The monoisotopic (exact) mass is 298 g/mol. The number of rotatable bonds is 4. The van der Waals surface area contributed by atoms with E-state index in [0.29, 0.717) is 5.92 Å². The normalized spacial score (nSPS) is 16.8. The van der Waals surface area contributed by atoms with Crippen LogP contribution in [0.4, 0.5) is 10.1 Å². The van der Waals surface area contributed by atoms with Crippen molar-refractivity contribution in [2.75, 3.05) is 18.8 Å². The summed E-state index contributed by atoms with van der Waals surface area (Å²) in [6.07, 6.45) is 3.45. The molecule has 2 aromatic carbocycles. The zero-order chi connectivity index (χ0) is 15.4. The molecule has 0 unspecified atom stereocenters.